The fourth-order valence-electron chi connectivity index (χ4n) is 1.39. The lowest BCUT2D eigenvalue weighted by atomic mass is 9.96. The molecule has 0 aliphatic carbocycles. The van der Waals surface area contributed by atoms with Crippen LogP contribution in [0.3, 0.4) is 0 Å². The Labute approximate surface area is 94.1 Å². The monoisotopic (exact) mass is 233 g/mol. The molecule has 1 aromatic rings. The van der Waals surface area contributed by atoms with Crippen molar-refractivity contribution in [2.45, 2.75) is 27.3 Å². The molecule has 0 fully saturated rings. The zero-order valence-corrected chi connectivity index (χ0v) is 10.6. The molecule has 0 bridgehead atoms. The third kappa shape index (κ3) is 4.35. The number of hydrogen-bond acceptors (Lipinski definition) is 4. The van der Waals surface area contributed by atoms with E-state index in [0.717, 1.165) is 18.1 Å². The summed E-state index contributed by atoms with van der Waals surface area (Å²) in [5.41, 5.74) is 0.309. The van der Waals surface area contributed by atoms with Gasteiger partial charge in [-0.3, -0.25) is 4.90 Å². The van der Waals surface area contributed by atoms with Crippen molar-refractivity contribution >= 4 is 22.9 Å². The van der Waals surface area contributed by atoms with Crippen LogP contribution in [0.15, 0.2) is 0 Å². The van der Waals surface area contributed by atoms with Crippen LogP contribution in [0.1, 0.15) is 25.8 Å². The molecule has 80 valence electrons. The van der Waals surface area contributed by atoms with Gasteiger partial charge in [-0.1, -0.05) is 32.1 Å². The number of hydrogen-bond donors (Lipinski definition) is 0. The predicted molar refractivity (Wildman–Crippen MR) is 60.7 cm³/mol. The van der Waals surface area contributed by atoms with Crippen molar-refractivity contribution in [3.8, 4) is 0 Å². The van der Waals surface area contributed by atoms with Gasteiger partial charge in [0.05, 0.1) is 6.54 Å². The molecular weight excluding hydrogens is 218 g/mol. The van der Waals surface area contributed by atoms with E-state index in [0.29, 0.717) is 9.88 Å². The van der Waals surface area contributed by atoms with E-state index >= 15 is 0 Å². The van der Waals surface area contributed by atoms with E-state index in [1.165, 1.54) is 11.3 Å². The van der Waals surface area contributed by atoms with Crippen LogP contribution < -0.4 is 0 Å². The van der Waals surface area contributed by atoms with Gasteiger partial charge in [0.1, 0.15) is 5.01 Å². The molecule has 0 radical (unpaired) electrons. The molecule has 0 amide bonds. The molecule has 0 aromatic carbocycles. The maximum absolute atomic E-state index is 5.70. The molecule has 1 rings (SSSR count). The van der Waals surface area contributed by atoms with Gasteiger partial charge in [-0.15, -0.1) is 10.2 Å². The third-order valence-corrected chi connectivity index (χ3v) is 2.60. The van der Waals surface area contributed by atoms with Crippen molar-refractivity contribution < 1.29 is 0 Å². The standard InChI is InChI=1S/C9H16ClN3S/c1-9(2,3)6-13(4)5-7-11-12-8(10)14-7/h5-6H2,1-4H3. The van der Waals surface area contributed by atoms with E-state index in [2.05, 4.69) is 42.9 Å². The summed E-state index contributed by atoms with van der Waals surface area (Å²) in [7, 11) is 2.08. The first-order chi connectivity index (χ1) is 6.37. The second-order valence-corrected chi connectivity index (χ2v) is 6.33. The zero-order chi connectivity index (χ0) is 10.8. The quantitative estimate of drug-likeness (QED) is 0.804. The molecule has 0 atom stereocenters. The highest BCUT2D eigenvalue weighted by Crippen LogP contribution is 2.19. The Morgan fingerprint density at radius 1 is 1.36 bits per heavy atom. The van der Waals surface area contributed by atoms with Crippen LogP contribution in [0, 0.1) is 5.41 Å². The normalized spacial score (nSPS) is 12.4. The van der Waals surface area contributed by atoms with Crippen LogP contribution in [0.5, 0.6) is 0 Å². The van der Waals surface area contributed by atoms with Crippen molar-refractivity contribution in [2.75, 3.05) is 13.6 Å². The summed E-state index contributed by atoms with van der Waals surface area (Å²) < 4.78 is 0.518. The Hall–Kier alpha value is -0.190. The molecule has 0 spiro atoms. The summed E-state index contributed by atoms with van der Waals surface area (Å²) in [4.78, 5) is 2.23. The van der Waals surface area contributed by atoms with Crippen molar-refractivity contribution in [3.63, 3.8) is 0 Å². The smallest absolute Gasteiger partial charge is 0.207 e. The van der Waals surface area contributed by atoms with Crippen LogP contribution in [-0.2, 0) is 6.54 Å². The lowest BCUT2D eigenvalue weighted by Gasteiger charge is -2.25. The molecule has 0 aliphatic heterocycles. The largest absolute Gasteiger partial charge is 0.299 e. The minimum atomic E-state index is 0.309. The van der Waals surface area contributed by atoms with Crippen LogP contribution in [-0.4, -0.2) is 28.7 Å². The highest BCUT2D eigenvalue weighted by atomic mass is 35.5. The fourth-order valence-corrected chi connectivity index (χ4v) is 2.34. The summed E-state index contributed by atoms with van der Waals surface area (Å²) in [6, 6.07) is 0. The van der Waals surface area contributed by atoms with Gasteiger partial charge in [-0.05, 0) is 24.1 Å². The molecular formula is C9H16ClN3S. The molecule has 0 aliphatic rings. The molecule has 1 aromatic heterocycles. The molecule has 3 nitrogen and oxygen atoms in total. The number of rotatable bonds is 3. The van der Waals surface area contributed by atoms with Gasteiger partial charge in [-0.25, -0.2) is 0 Å². The Morgan fingerprint density at radius 3 is 2.43 bits per heavy atom. The summed E-state index contributed by atoms with van der Waals surface area (Å²) in [5, 5.41) is 8.73. The molecule has 1 heterocycles. The lowest BCUT2D eigenvalue weighted by Crippen LogP contribution is -2.28. The number of aromatic nitrogens is 2. The van der Waals surface area contributed by atoms with Gasteiger partial charge >= 0.3 is 0 Å². The minimum absolute atomic E-state index is 0.309. The van der Waals surface area contributed by atoms with E-state index in [9.17, 15) is 0 Å². The first-order valence-corrected chi connectivity index (χ1v) is 5.73. The molecule has 14 heavy (non-hydrogen) atoms. The van der Waals surface area contributed by atoms with Gasteiger partial charge in [0.15, 0.2) is 0 Å². The van der Waals surface area contributed by atoms with Crippen LogP contribution in [0.25, 0.3) is 0 Å². The second-order valence-electron chi connectivity index (χ2n) is 4.68. The fraction of sp³-hybridized carbons (Fsp3) is 0.778. The molecule has 0 saturated carbocycles. The summed E-state index contributed by atoms with van der Waals surface area (Å²) in [6.07, 6.45) is 0. The highest BCUT2D eigenvalue weighted by molar-refractivity contribution is 7.15. The number of halogens is 1. The lowest BCUT2D eigenvalue weighted by molar-refractivity contribution is 0.220. The zero-order valence-electron chi connectivity index (χ0n) is 9.04. The molecule has 0 N–H and O–H groups in total. The van der Waals surface area contributed by atoms with E-state index in [1.807, 2.05) is 0 Å². The van der Waals surface area contributed by atoms with Gasteiger partial charge < -0.3 is 0 Å². The van der Waals surface area contributed by atoms with E-state index in [-0.39, 0.29) is 0 Å². The van der Waals surface area contributed by atoms with Gasteiger partial charge in [0.2, 0.25) is 4.47 Å². The maximum Gasteiger partial charge on any atom is 0.207 e. The van der Waals surface area contributed by atoms with Crippen molar-refractivity contribution in [1.82, 2.24) is 15.1 Å². The van der Waals surface area contributed by atoms with E-state index in [4.69, 9.17) is 11.6 Å². The topological polar surface area (TPSA) is 29.0 Å². The van der Waals surface area contributed by atoms with Crippen LogP contribution in [0.2, 0.25) is 4.47 Å². The molecule has 0 saturated heterocycles. The van der Waals surface area contributed by atoms with Gasteiger partial charge in [0.25, 0.3) is 0 Å². The molecule has 0 unspecified atom stereocenters. The highest BCUT2D eigenvalue weighted by Gasteiger charge is 2.14. The minimum Gasteiger partial charge on any atom is -0.299 e. The average molecular weight is 234 g/mol. The first-order valence-electron chi connectivity index (χ1n) is 4.53. The summed E-state index contributed by atoms with van der Waals surface area (Å²) >= 11 is 7.15. The maximum atomic E-state index is 5.70. The first kappa shape index (κ1) is 11.9. The van der Waals surface area contributed by atoms with E-state index < -0.39 is 0 Å². The number of nitrogens with zero attached hydrogens (tertiary/aromatic N) is 3. The van der Waals surface area contributed by atoms with Gasteiger partial charge in [-0.2, -0.15) is 0 Å². The van der Waals surface area contributed by atoms with Crippen molar-refractivity contribution in [1.29, 1.82) is 0 Å². The van der Waals surface area contributed by atoms with Crippen LogP contribution >= 0.6 is 22.9 Å². The third-order valence-electron chi connectivity index (χ3n) is 1.59. The Balaban J connectivity index is 2.45. The average Bonchev–Trinajstić information content (AvgIpc) is 2.30. The second kappa shape index (κ2) is 4.55. The summed E-state index contributed by atoms with van der Waals surface area (Å²) in [5.74, 6) is 0. The van der Waals surface area contributed by atoms with Crippen molar-refractivity contribution in [3.05, 3.63) is 9.47 Å². The SMILES string of the molecule is CN(Cc1nnc(Cl)s1)CC(C)(C)C. The van der Waals surface area contributed by atoms with Gasteiger partial charge in [0, 0.05) is 6.54 Å². The summed E-state index contributed by atoms with van der Waals surface area (Å²) in [6.45, 7) is 8.51. The van der Waals surface area contributed by atoms with Crippen LogP contribution in [0.4, 0.5) is 0 Å². The Kier molecular flexibility index (Phi) is 3.86. The van der Waals surface area contributed by atoms with Crippen molar-refractivity contribution in [2.24, 2.45) is 5.41 Å². The molecule has 5 heteroatoms. The van der Waals surface area contributed by atoms with E-state index in [1.54, 1.807) is 0 Å². The Bertz CT molecular complexity index is 292. The predicted octanol–water partition coefficient (Wildman–Crippen LogP) is 2.67. The Morgan fingerprint density at radius 2 is 2.00 bits per heavy atom.